The van der Waals surface area contributed by atoms with Crippen LogP contribution in [0.3, 0.4) is 0 Å². The summed E-state index contributed by atoms with van der Waals surface area (Å²) in [5.41, 5.74) is 5.19. The molecule has 3 heterocycles. The molecule has 0 fully saturated rings. The third-order valence-electron chi connectivity index (χ3n) is 5.41. The first-order chi connectivity index (χ1) is 17.0. The zero-order valence-corrected chi connectivity index (χ0v) is 20.0. The maximum Gasteiger partial charge on any atom is 0.321 e. The van der Waals surface area contributed by atoms with Crippen LogP contribution in [0, 0.1) is 6.92 Å². The lowest BCUT2D eigenvalue weighted by molar-refractivity contribution is 0.252. The summed E-state index contributed by atoms with van der Waals surface area (Å²) in [6.45, 7) is 11.2. The Hall–Kier alpha value is -4.53. The summed E-state index contributed by atoms with van der Waals surface area (Å²) in [5, 5.41) is 5.43. The second-order valence-corrected chi connectivity index (χ2v) is 8.00. The van der Waals surface area contributed by atoms with Gasteiger partial charge in [0.2, 0.25) is 5.95 Å². The number of H-pyrrole nitrogens is 1. The number of anilines is 1. The quantitative estimate of drug-likeness (QED) is 0.319. The molecule has 4 aromatic rings. The van der Waals surface area contributed by atoms with E-state index in [-0.39, 0.29) is 6.03 Å². The lowest BCUT2D eigenvalue weighted by Crippen LogP contribution is -2.28. The Balaban J connectivity index is 1.74. The molecule has 0 aliphatic rings. The van der Waals surface area contributed by atoms with Gasteiger partial charge in [-0.2, -0.15) is 0 Å². The average Bonchev–Trinajstić information content (AvgIpc) is 3.44. The van der Waals surface area contributed by atoms with Gasteiger partial charge in [-0.05, 0) is 50.1 Å². The van der Waals surface area contributed by atoms with E-state index in [2.05, 4.69) is 59.7 Å². The van der Waals surface area contributed by atoms with E-state index in [4.69, 9.17) is 0 Å². The fourth-order valence-electron chi connectivity index (χ4n) is 3.67. The Morgan fingerprint density at radius 3 is 2.66 bits per heavy atom. The number of allylic oxidation sites excluding steroid dienone is 5. The van der Waals surface area contributed by atoms with E-state index < -0.39 is 0 Å². The van der Waals surface area contributed by atoms with Gasteiger partial charge in [0.05, 0.1) is 5.52 Å². The number of hydrogen-bond donors (Lipinski definition) is 3. The summed E-state index contributed by atoms with van der Waals surface area (Å²) >= 11 is 0. The molecule has 9 nitrogen and oxygen atoms in total. The van der Waals surface area contributed by atoms with Crippen LogP contribution in [0.2, 0.25) is 0 Å². The van der Waals surface area contributed by atoms with Crippen LogP contribution in [0.4, 0.5) is 10.7 Å². The molecule has 0 aliphatic heterocycles. The van der Waals surface area contributed by atoms with Crippen LogP contribution in [-0.4, -0.2) is 42.1 Å². The lowest BCUT2D eigenvalue weighted by atomic mass is 10.0. The van der Waals surface area contributed by atoms with E-state index in [1.165, 1.54) is 5.57 Å². The summed E-state index contributed by atoms with van der Waals surface area (Å²) in [6, 6.07) is 5.41. The van der Waals surface area contributed by atoms with Crippen LogP contribution < -0.4 is 10.6 Å². The average molecular weight is 469 g/mol. The number of rotatable bonds is 8. The van der Waals surface area contributed by atoms with E-state index in [0.29, 0.717) is 23.8 Å². The number of hydrogen-bond acceptors (Lipinski definition) is 5. The lowest BCUT2D eigenvalue weighted by Gasteiger charge is -2.08. The summed E-state index contributed by atoms with van der Waals surface area (Å²) < 4.78 is 2.10. The molecular formula is C26H28N8O. The standard InChI is InChI=1S/C26H28N8O/c1-5-19(9-8-17(3)16-34-13-12-28-18(34)4)20-14-21(24-29-10-7-11-30-24)23-22(15-20)31-25(32-23)33-26(35)27-6-2/h5,7-15H,1,6,16H2,2-4H3,(H3,27,31,32,33,35)/b17-8+,19-9+. The fraction of sp³-hybridized carbons (Fsp3) is 0.192. The van der Waals surface area contributed by atoms with E-state index >= 15 is 0 Å². The monoisotopic (exact) mass is 468 g/mol. The third kappa shape index (κ3) is 5.52. The topological polar surface area (TPSA) is 113 Å². The van der Waals surface area contributed by atoms with E-state index in [9.17, 15) is 4.79 Å². The van der Waals surface area contributed by atoms with Gasteiger partial charge in [-0.3, -0.25) is 5.32 Å². The number of carbonyl (C=O) groups is 1. The fourth-order valence-corrected chi connectivity index (χ4v) is 3.67. The first kappa shape index (κ1) is 23.6. The molecule has 3 aromatic heterocycles. The minimum absolute atomic E-state index is 0.329. The van der Waals surface area contributed by atoms with Gasteiger partial charge in [0.1, 0.15) is 11.3 Å². The van der Waals surface area contributed by atoms with Crippen LogP contribution >= 0.6 is 0 Å². The van der Waals surface area contributed by atoms with Crippen molar-refractivity contribution in [1.29, 1.82) is 0 Å². The number of aromatic amines is 1. The highest BCUT2D eigenvalue weighted by Gasteiger charge is 2.15. The van der Waals surface area contributed by atoms with E-state index in [1.807, 2.05) is 44.3 Å². The molecule has 3 N–H and O–H groups in total. The molecule has 0 bridgehead atoms. The van der Waals surface area contributed by atoms with Gasteiger partial charge in [-0.15, -0.1) is 0 Å². The number of aromatic nitrogens is 6. The van der Waals surface area contributed by atoms with Gasteiger partial charge in [0.15, 0.2) is 5.82 Å². The largest absolute Gasteiger partial charge is 0.338 e. The van der Waals surface area contributed by atoms with Crippen molar-refractivity contribution < 1.29 is 4.79 Å². The zero-order chi connectivity index (χ0) is 24.8. The van der Waals surface area contributed by atoms with Crippen molar-refractivity contribution in [2.24, 2.45) is 0 Å². The number of imidazole rings is 2. The van der Waals surface area contributed by atoms with Crippen molar-refractivity contribution in [2.45, 2.75) is 27.3 Å². The normalized spacial score (nSPS) is 12.1. The van der Waals surface area contributed by atoms with Crippen LogP contribution in [0.1, 0.15) is 25.2 Å². The predicted molar refractivity (Wildman–Crippen MR) is 139 cm³/mol. The number of amides is 2. The Labute approximate surface area is 203 Å². The van der Waals surface area contributed by atoms with Gasteiger partial charge < -0.3 is 14.9 Å². The Kier molecular flexibility index (Phi) is 7.15. The summed E-state index contributed by atoms with van der Waals surface area (Å²) in [7, 11) is 0. The minimum Gasteiger partial charge on any atom is -0.338 e. The molecule has 1 aromatic carbocycles. The highest BCUT2D eigenvalue weighted by atomic mass is 16.2. The molecule has 0 saturated heterocycles. The van der Waals surface area contributed by atoms with Gasteiger partial charge in [0, 0.05) is 43.4 Å². The second-order valence-electron chi connectivity index (χ2n) is 8.00. The van der Waals surface area contributed by atoms with Gasteiger partial charge in [0.25, 0.3) is 0 Å². The molecule has 0 spiro atoms. The predicted octanol–water partition coefficient (Wildman–Crippen LogP) is 4.88. The third-order valence-corrected chi connectivity index (χ3v) is 5.41. The van der Waals surface area contributed by atoms with Crippen molar-refractivity contribution in [2.75, 3.05) is 11.9 Å². The van der Waals surface area contributed by atoms with E-state index in [0.717, 1.165) is 34.6 Å². The molecule has 2 amide bonds. The summed E-state index contributed by atoms with van der Waals surface area (Å²) in [5.74, 6) is 1.86. The first-order valence-corrected chi connectivity index (χ1v) is 11.3. The Bertz CT molecular complexity index is 1410. The van der Waals surface area contributed by atoms with Gasteiger partial charge in [-0.25, -0.2) is 24.7 Å². The van der Waals surface area contributed by atoms with Gasteiger partial charge >= 0.3 is 6.03 Å². The SMILES string of the molecule is C=C/C(=C\C=C(/C)Cn1ccnc1C)c1cc(-c2ncccn2)c2nc(NC(=O)NCC)[nH]c2c1. The highest BCUT2D eigenvalue weighted by molar-refractivity contribution is 5.97. The van der Waals surface area contributed by atoms with Crippen LogP contribution in [0.15, 0.2) is 73.4 Å². The molecule has 0 saturated carbocycles. The molecule has 9 heteroatoms. The van der Waals surface area contributed by atoms with Crippen molar-refractivity contribution >= 4 is 28.6 Å². The molecule has 35 heavy (non-hydrogen) atoms. The minimum atomic E-state index is -0.329. The Morgan fingerprint density at radius 2 is 1.97 bits per heavy atom. The van der Waals surface area contributed by atoms with Crippen LogP contribution in [-0.2, 0) is 6.54 Å². The number of nitrogens with one attached hydrogen (secondary N) is 3. The smallest absolute Gasteiger partial charge is 0.321 e. The van der Waals surface area contributed by atoms with Gasteiger partial charge in [-0.1, -0.05) is 30.4 Å². The zero-order valence-electron chi connectivity index (χ0n) is 20.0. The molecule has 0 atom stereocenters. The van der Waals surface area contributed by atoms with Crippen molar-refractivity contribution in [1.82, 2.24) is 34.8 Å². The molecule has 178 valence electrons. The van der Waals surface area contributed by atoms with Crippen molar-refractivity contribution in [3.63, 3.8) is 0 Å². The molecule has 4 rings (SSSR count). The van der Waals surface area contributed by atoms with Crippen molar-refractivity contribution in [3.05, 3.63) is 84.8 Å². The molecular weight excluding hydrogens is 440 g/mol. The maximum atomic E-state index is 12.0. The number of carbonyl (C=O) groups excluding carboxylic acids is 1. The second kappa shape index (κ2) is 10.6. The number of urea groups is 1. The maximum absolute atomic E-state index is 12.0. The molecule has 0 unspecified atom stereocenters. The van der Waals surface area contributed by atoms with Crippen molar-refractivity contribution in [3.8, 4) is 11.4 Å². The number of benzene rings is 1. The number of nitrogens with zero attached hydrogens (tertiary/aromatic N) is 5. The van der Waals surface area contributed by atoms with Crippen LogP contribution in [0.25, 0.3) is 28.0 Å². The summed E-state index contributed by atoms with van der Waals surface area (Å²) in [6.07, 6.45) is 13.1. The Morgan fingerprint density at radius 1 is 1.17 bits per heavy atom. The number of fused-ring (bicyclic) bond motifs is 1. The van der Waals surface area contributed by atoms with E-state index in [1.54, 1.807) is 24.7 Å². The highest BCUT2D eigenvalue weighted by Crippen LogP contribution is 2.31. The first-order valence-electron chi connectivity index (χ1n) is 11.3. The molecule has 0 radical (unpaired) electrons. The van der Waals surface area contributed by atoms with Crippen LogP contribution in [0.5, 0.6) is 0 Å². The molecule has 0 aliphatic carbocycles. The summed E-state index contributed by atoms with van der Waals surface area (Å²) in [4.78, 5) is 32.9. The number of aryl methyl sites for hydroxylation is 1.